The van der Waals surface area contributed by atoms with Crippen molar-refractivity contribution in [2.24, 2.45) is 0 Å². The van der Waals surface area contributed by atoms with Gasteiger partial charge in [0.15, 0.2) is 4.34 Å². The van der Waals surface area contributed by atoms with Gasteiger partial charge in [-0.15, -0.1) is 21.5 Å². The minimum absolute atomic E-state index is 0.205. The molecule has 2 aromatic heterocycles. The molecule has 18 heavy (non-hydrogen) atoms. The minimum atomic E-state index is -0.973. The van der Waals surface area contributed by atoms with E-state index in [0.717, 1.165) is 30.7 Å². The molecule has 0 unspecified atom stereocenters. The van der Waals surface area contributed by atoms with Gasteiger partial charge in [0.25, 0.3) is 0 Å². The van der Waals surface area contributed by atoms with E-state index in [9.17, 15) is 4.79 Å². The standard InChI is InChI=1S/C9H11N5O2S2/c1-2-3-4-14-12-8(11-13-14)18-9-10-5-6(17-9)7(15)16/h5H,2-4H2,1H3,(H,15,16). The maximum absolute atomic E-state index is 10.7. The predicted molar refractivity (Wildman–Crippen MR) is 65.9 cm³/mol. The summed E-state index contributed by atoms with van der Waals surface area (Å²) in [5.41, 5.74) is 0. The number of tetrazole rings is 1. The van der Waals surface area contributed by atoms with Gasteiger partial charge in [0.1, 0.15) is 4.88 Å². The third-order valence-electron chi connectivity index (χ3n) is 2.02. The number of hydrogen-bond acceptors (Lipinski definition) is 7. The van der Waals surface area contributed by atoms with Crippen LogP contribution in [-0.2, 0) is 6.54 Å². The van der Waals surface area contributed by atoms with Crippen LogP contribution in [0.4, 0.5) is 0 Å². The van der Waals surface area contributed by atoms with E-state index in [1.807, 2.05) is 0 Å². The molecule has 0 aliphatic heterocycles. The Morgan fingerprint density at radius 3 is 3.11 bits per heavy atom. The molecule has 0 fully saturated rings. The molecule has 9 heteroatoms. The van der Waals surface area contributed by atoms with Crippen LogP contribution in [0.5, 0.6) is 0 Å². The van der Waals surface area contributed by atoms with Crippen LogP contribution in [0.3, 0.4) is 0 Å². The van der Waals surface area contributed by atoms with Gasteiger partial charge in [0.2, 0.25) is 5.16 Å². The van der Waals surface area contributed by atoms with E-state index >= 15 is 0 Å². The van der Waals surface area contributed by atoms with Crippen LogP contribution in [0.2, 0.25) is 0 Å². The molecule has 0 bridgehead atoms. The van der Waals surface area contributed by atoms with E-state index in [-0.39, 0.29) is 4.88 Å². The van der Waals surface area contributed by atoms with E-state index in [1.54, 1.807) is 0 Å². The summed E-state index contributed by atoms with van der Waals surface area (Å²) < 4.78 is 0.599. The lowest BCUT2D eigenvalue weighted by Gasteiger charge is -1.93. The number of thiazole rings is 1. The first kappa shape index (κ1) is 13.0. The van der Waals surface area contributed by atoms with Gasteiger partial charge in [-0.3, -0.25) is 0 Å². The molecule has 2 rings (SSSR count). The fourth-order valence-corrected chi connectivity index (χ4v) is 2.77. The first-order valence-corrected chi connectivity index (χ1v) is 6.97. The number of carboxylic acid groups (broad SMARTS) is 1. The van der Waals surface area contributed by atoms with E-state index in [1.165, 1.54) is 22.8 Å². The van der Waals surface area contributed by atoms with Gasteiger partial charge in [-0.05, 0) is 23.4 Å². The molecule has 0 spiro atoms. The van der Waals surface area contributed by atoms with Crippen molar-refractivity contribution in [3.05, 3.63) is 11.1 Å². The van der Waals surface area contributed by atoms with Crippen LogP contribution >= 0.6 is 23.1 Å². The molecule has 0 aliphatic rings. The summed E-state index contributed by atoms with van der Waals surface area (Å²) in [6.45, 7) is 2.83. The largest absolute Gasteiger partial charge is 0.477 e. The zero-order valence-corrected chi connectivity index (χ0v) is 11.2. The molecule has 2 heterocycles. The van der Waals surface area contributed by atoms with Crippen molar-refractivity contribution in [1.29, 1.82) is 0 Å². The highest BCUT2D eigenvalue weighted by atomic mass is 32.2. The highest BCUT2D eigenvalue weighted by Gasteiger charge is 2.12. The Bertz CT molecular complexity index is 539. The molecule has 0 amide bonds. The lowest BCUT2D eigenvalue weighted by atomic mass is 10.3. The van der Waals surface area contributed by atoms with Gasteiger partial charge in [0, 0.05) is 0 Å². The third kappa shape index (κ3) is 3.26. The summed E-state index contributed by atoms with van der Waals surface area (Å²) in [5.74, 6) is -0.973. The van der Waals surface area contributed by atoms with Crippen molar-refractivity contribution in [3.63, 3.8) is 0 Å². The Balaban J connectivity index is 1.99. The van der Waals surface area contributed by atoms with E-state index < -0.39 is 5.97 Å². The minimum Gasteiger partial charge on any atom is -0.477 e. The second-order valence-corrected chi connectivity index (χ2v) is 5.66. The smallest absolute Gasteiger partial charge is 0.347 e. The van der Waals surface area contributed by atoms with E-state index in [0.29, 0.717) is 9.50 Å². The molecule has 7 nitrogen and oxygen atoms in total. The summed E-state index contributed by atoms with van der Waals surface area (Å²) >= 11 is 2.32. The van der Waals surface area contributed by atoms with Crippen LogP contribution in [0.1, 0.15) is 29.4 Å². The Kier molecular flexibility index (Phi) is 4.26. The fraction of sp³-hybridized carbons (Fsp3) is 0.444. The van der Waals surface area contributed by atoms with E-state index in [2.05, 4.69) is 27.3 Å². The van der Waals surface area contributed by atoms with Gasteiger partial charge >= 0.3 is 5.97 Å². The Hall–Kier alpha value is -1.48. The molecule has 0 radical (unpaired) electrons. The number of carbonyl (C=O) groups is 1. The zero-order chi connectivity index (χ0) is 13.0. The molecule has 96 valence electrons. The van der Waals surface area contributed by atoms with Crippen molar-refractivity contribution in [3.8, 4) is 0 Å². The highest BCUT2D eigenvalue weighted by molar-refractivity contribution is 8.00. The zero-order valence-electron chi connectivity index (χ0n) is 9.61. The van der Waals surface area contributed by atoms with Crippen molar-refractivity contribution >= 4 is 29.1 Å². The van der Waals surface area contributed by atoms with E-state index in [4.69, 9.17) is 5.11 Å². The predicted octanol–water partition coefficient (Wildman–Crippen LogP) is 1.78. The molecule has 0 atom stereocenters. The second kappa shape index (κ2) is 5.91. The summed E-state index contributed by atoms with van der Waals surface area (Å²) in [4.78, 5) is 16.4. The quantitative estimate of drug-likeness (QED) is 0.864. The average molecular weight is 285 g/mol. The summed E-state index contributed by atoms with van der Waals surface area (Å²) in [7, 11) is 0. The van der Waals surface area contributed by atoms with Crippen LogP contribution < -0.4 is 0 Å². The number of hydrogen-bond donors (Lipinski definition) is 1. The van der Waals surface area contributed by atoms with Crippen LogP contribution in [-0.4, -0.2) is 36.3 Å². The second-order valence-electron chi connectivity index (χ2n) is 3.42. The Labute approximate surface area is 111 Å². The summed E-state index contributed by atoms with van der Waals surface area (Å²) in [6.07, 6.45) is 3.40. The SMILES string of the molecule is CCCCn1nnc(Sc2ncc(C(=O)O)s2)n1. The summed E-state index contributed by atoms with van der Waals surface area (Å²) in [6, 6.07) is 0. The van der Waals surface area contributed by atoms with Crippen molar-refractivity contribution in [2.45, 2.75) is 35.8 Å². The molecule has 1 N–H and O–H groups in total. The first-order valence-electron chi connectivity index (χ1n) is 5.34. The third-order valence-corrected chi connectivity index (χ3v) is 3.93. The number of nitrogens with zero attached hydrogens (tertiary/aromatic N) is 5. The van der Waals surface area contributed by atoms with Gasteiger partial charge in [-0.1, -0.05) is 13.3 Å². The van der Waals surface area contributed by atoms with Crippen molar-refractivity contribution in [1.82, 2.24) is 25.2 Å². The van der Waals surface area contributed by atoms with Crippen molar-refractivity contribution in [2.75, 3.05) is 0 Å². The number of aromatic carboxylic acids is 1. The first-order chi connectivity index (χ1) is 8.69. The average Bonchev–Trinajstić information content (AvgIpc) is 2.96. The number of aryl methyl sites for hydroxylation is 1. The van der Waals surface area contributed by atoms with Crippen LogP contribution in [0.15, 0.2) is 15.7 Å². The number of aromatic nitrogens is 5. The summed E-state index contributed by atoms with van der Waals surface area (Å²) in [5, 5.41) is 21.2. The molecular formula is C9H11N5O2S2. The van der Waals surface area contributed by atoms with Gasteiger partial charge < -0.3 is 5.11 Å². The molecular weight excluding hydrogens is 274 g/mol. The lowest BCUT2D eigenvalue weighted by molar-refractivity contribution is 0.0702. The maximum atomic E-state index is 10.7. The van der Waals surface area contributed by atoms with Gasteiger partial charge in [-0.25, -0.2) is 9.78 Å². The van der Waals surface area contributed by atoms with Gasteiger partial charge in [0.05, 0.1) is 12.7 Å². The molecule has 2 aromatic rings. The number of rotatable bonds is 6. The Morgan fingerprint density at radius 2 is 2.44 bits per heavy atom. The topological polar surface area (TPSA) is 93.8 Å². The monoisotopic (exact) mass is 285 g/mol. The Morgan fingerprint density at radius 1 is 1.61 bits per heavy atom. The molecule has 0 saturated carbocycles. The van der Waals surface area contributed by atoms with Gasteiger partial charge in [-0.2, -0.15) is 4.80 Å². The van der Waals surface area contributed by atoms with Crippen LogP contribution in [0, 0.1) is 0 Å². The normalized spacial score (nSPS) is 10.7. The molecule has 0 aromatic carbocycles. The van der Waals surface area contributed by atoms with Crippen LogP contribution in [0.25, 0.3) is 0 Å². The van der Waals surface area contributed by atoms with Crippen molar-refractivity contribution < 1.29 is 9.90 Å². The molecule has 0 saturated heterocycles. The molecule has 0 aliphatic carbocycles. The fourth-order valence-electron chi connectivity index (χ4n) is 1.15. The number of carboxylic acids is 1. The maximum Gasteiger partial charge on any atom is 0.347 e. The number of unbranched alkanes of at least 4 members (excludes halogenated alkanes) is 1. The lowest BCUT2D eigenvalue weighted by Crippen LogP contribution is -2.01. The highest BCUT2D eigenvalue weighted by Crippen LogP contribution is 2.28.